The maximum Gasteiger partial charge on any atom is 0.117 e. The predicted octanol–water partition coefficient (Wildman–Crippen LogP) is 2.04. The largest absolute Gasteiger partial charge is 0.465 e. The summed E-state index contributed by atoms with van der Waals surface area (Å²) in [6.07, 6.45) is 5.13. The Kier molecular flexibility index (Phi) is 5.28. The van der Waals surface area contributed by atoms with Crippen LogP contribution in [0.5, 0.6) is 0 Å². The number of rotatable bonds is 6. The third-order valence-electron chi connectivity index (χ3n) is 1.70. The molecule has 0 spiro atoms. The highest BCUT2D eigenvalue weighted by molar-refractivity contribution is 7.99. The molecule has 0 aliphatic rings. The van der Waals surface area contributed by atoms with E-state index < -0.39 is 0 Å². The van der Waals surface area contributed by atoms with Crippen molar-refractivity contribution in [3.63, 3.8) is 0 Å². The Morgan fingerprint density at radius 1 is 1.57 bits per heavy atom. The minimum absolute atomic E-state index is 0.793. The highest BCUT2D eigenvalue weighted by Gasteiger charge is 1.96. The molecular weight excluding hydrogens is 194 g/mol. The number of nitrogens with one attached hydrogen (secondary N) is 1. The monoisotopic (exact) mass is 209 g/mol. The highest BCUT2D eigenvalue weighted by atomic mass is 32.2. The molecule has 0 amide bonds. The minimum atomic E-state index is 0.793. The summed E-state index contributed by atoms with van der Waals surface area (Å²) in [6, 6.07) is 3.97. The topological polar surface area (TPSA) is 25.2 Å². The number of thioether (sulfide) groups is 1. The Bertz CT molecular complexity index is 300. The van der Waals surface area contributed by atoms with Crippen molar-refractivity contribution in [3.05, 3.63) is 23.7 Å². The third-order valence-corrected chi connectivity index (χ3v) is 2.57. The zero-order valence-electron chi connectivity index (χ0n) is 8.38. The van der Waals surface area contributed by atoms with Crippen LogP contribution < -0.4 is 5.32 Å². The van der Waals surface area contributed by atoms with Gasteiger partial charge in [-0.05, 0) is 19.1 Å². The van der Waals surface area contributed by atoms with Gasteiger partial charge < -0.3 is 9.73 Å². The van der Waals surface area contributed by atoms with Gasteiger partial charge in [-0.2, -0.15) is 0 Å². The molecule has 1 N–H and O–H groups in total. The van der Waals surface area contributed by atoms with Crippen molar-refractivity contribution < 1.29 is 4.42 Å². The first-order valence-electron chi connectivity index (χ1n) is 4.60. The molecular formula is C11H15NOS. The number of hydrogen-bond donors (Lipinski definition) is 1. The van der Waals surface area contributed by atoms with Gasteiger partial charge in [0, 0.05) is 12.3 Å². The first-order valence-corrected chi connectivity index (χ1v) is 5.75. The molecule has 1 rings (SSSR count). The summed E-state index contributed by atoms with van der Waals surface area (Å²) >= 11 is 1.76. The van der Waals surface area contributed by atoms with E-state index in [1.165, 1.54) is 0 Å². The molecule has 0 radical (unpaired) electrons. The summed E-state index contributed by atoms with van der Waals surface area (Å²) in [5, 5.41) is 3.29. The van der Waals surface area contributed by atoms with Crippen molar-refractivity contribution in [1.29, 1.82) is 0 Å². The SMILES string of the molecule is C#CCSCCNCc1ccc(C)o1. The van der Waals surface area contributed by atoms with Gasteiger partial charge in [0.05, 0.1) is 12.3 Å². The Morgan fingerprint density at radius 2 is 2.43 bits per heavy atom. The second-order valence-corrected chi connectivity index (χ2v) is 4.05. The van der Waals surface area contributed by atoms with E-state index in [-0.39, 0.29) is 0 Å². The zero-order chi connectivity index (χ0) is 10.2. The van der Waals surface area contributed by atoms with E-state index in [1.807, 2.05) is 19.1 Å². The Labute approximate surface area is 89.5 Å². The lowest BCUT2D eigenvalue weighted by atomic mass is 10.4. The van der Waals surface area contributed by atoms with Crippen LogP contribution >= 0.6 is 11.8 Å². The third kappa shape index (κ3) is 4.40. The Balaban J connectivity index is 2.02. The Hall–Kier alpha value is -0.850. The van der Waals surface area contributed by atoms with Crippen LogP contribution in [0.25, 0.3) is 0 Å². The lowest BCUT2D eigenvalue weighted by Gasteiger charge is -2.00. The van der Waals surface area contributed by atoms with E-state index in [1.54, 1.807) is 11.8 Å². The summed E-state index contributed by atoms with van der Waals surface area (Å²) < 4.78 is 5.41. The molecule has 14 heavy (non-hydrogen) atoms. The van der Waals surface area contributed by atoms with Crippen LogP contribution in [0, 0.1) is 19.3 Å². The van der Waals surface area contributed by atoms with Crippen LogP contribution in [0.2, 0.25) is 0 Å². The Morgan fingerprint density at radius 3 is 3.07 bits per heavy atom. The maximum atomic E-state index is 5.41. The molecule has 1 aromatic heterocycles. The summed E-state index contributed by atoms with van der Waals surface area (Å²) in [7, 11) is 0. The molecule has 0 bridgehead atoms. The van der Waals surface area contributed by atoms with Crippen molar-refractivity contribution in [2.75, 3.05) is 18.1 Å². The summed E-state index contributed by atoms with van der Waals surface area (Å²) in [4.78, 5) is 0. The van der Waals surface area contributed by atoms with Crippen LogP contribution in [-0.2, 0) is 6.54 Å². The number of aryl methyl sites for hydroxylation is 1. The number of furan rings is 1. The highest BCUT2D eigenvalue weighted by Crippen LogP contribution is 2.05. The predicted molar refractivity (Wildman–Crippen MR) is 61.3 cm³/mol. The molecule has 0 saturated carbocycles. The van der Waals surface area contributed by atoms with Gasteiger partial charge in [-0.1, -0.05) is 5.92 Å². The summed E-state index contributed by atoms with van der Waals surface area (Å²) in [5.41, 5.74) is 0. The second kappa shape index (κ2) is 6.58. The molecule has 2 nitrogen and oxygen atoms in total. The van der Waals surface area contributed by atoms with Gasteiger partial charge in [-0.25, -0.2) is 0 Å². The van der Waals surface area contributed by atoms with Gasteiger partial charge in [-0.3, -0.25) is 0 Å². The summed E-state index contributed by atoms with van der Waals surface area (Å²) in [5.74, 6) is 6.39. The number of terminal acetylenes is 1. The normalized spacial score (nSPS) is 10.0. The van der Waals surface area contributed by atoms with E-state index in [4.69, 9.17) is 10.8 Å². The fourth-order valence-corrected chi connectivity index (χ4v) is 1.62. The van der Waals surface area contributed by atoms with Gasteiger partial charge in [0.2, 0.25) is 0 Å². The molecule has 0 aliphatic carbocycles. The van der Waals surface area contributed by atoms with E-state index in [0.29, 0.717) is 0 Å². The van der Waals surface area contributed by atoms with Gasteiger partial charge in [0.25, 0.3) is 0 Å². The van der Waals surface area contributed by atoms with E-state index in [0.717, 1.165) is 36.1 Å². The first kappa shape index (κ1) is 11.2. The standard InChI is InChI=1S/C11H15NOS/c1-3-7-14-8-6-12-9-11-5-4-10(2)13-11/h1,4-5,12H,6-9H2,2H3. The van der Waals surface area contributed by atoms with E-state index in [9.17, 15) is 0 Å². The molecule has 1 aromatic rings. The maximum absolute atomic E-state index is 5.41. The fraction of sp³-hybridized carbons (Fsp3) is 0.455. The van der Waals surface area contributed by atoms with Crippen molar-refractivity contribution in [2.45, 2.75) is 13.5 Å². The average molecular weight is 209 g/mol. The van der Waals surface area contributed by atoms with Crippen LogP contribution in [0.1, 0.15) is 11.5 Å². The smallest absolute Gasteiger partial charge is 0.117 e. The van der Waals surface area contributed by atoms with Crippen molar-refractivity contribution in [1.82, 2.24) is 5.32 Å². The number of hydrogen-bond acceptors (Lipinski definition) is 3. The molecule has 0 atom stereocenters. The van der Waals surface area contributed by atoms with Gasteiger partial charge in [0.15, 0.2) is 0 Å². The van der Waals surface area contributed by atoms with Crippen molar-refractivity contribution >= 4 is 11.8 Å². The fourth-order valence-electron chi connectivity index (χ4n) is 1.07. The first-order chi connectivity index (χ1) is 6.83. The van der Waals surface area contributed by atoms with Crippen LogP contribution in [0.15, 0.2) is 16.5 Å². The van der Waals surface area contributed by atoms with Crippen LogP contribution in [0.4, 0.5) is 0 Å². The second-order valence-electron chi connectivity index (χ2n) is 2.95. The van der Waals surface area contributed by atoms with Gasteiger partial charge in [-0.15, -0.1) is 18.2 Å². The molecule has 3 heteroatoms. The molecule has 0 aromatic carbocycles. The lowest BCUT2D eigenvalue weighted by Crippen LogP contribution is -2.16. The summed E-state index contributed by atoms with van der Waals surface area (Å²) in [6.45, 7) is 3.71. The van der Waals surface area contributed by atoms with E-state index in [2.05, 4.69) is 11.2 Å². The molecule has 0 fully saturated rings. The van der Waals surface area contributed by atoms with Crippen LogP contribution in [0.3, 0.4) is 0 Å². The molecule has 1 heterocycles. The van der Waals surface area contributed by atoms with Crippen LogP contribution in [-0.4, -0.2) is 18.1 Å². The molecule has 76 valence electrons. The van der Waals surface area contributed by atoms with E-state index >= 15 is 0 Å². The zero-order valence-corrected chi connectivity index (χ0v) is 9.19. The quantitative estimate of drug-likeness (QED) is 0.573. The molecule has 0 saturated heterocycles. The van der Waals surface area contributed by atoms with Gasteiger partial charge >= 0.3 is 0 Å². The van der Waals surface area contributed by atoms with Crippen molar-refractivity contribution in [3.8, 4) is 12.3 Å². The molecule has 0 unspecified atom stereocenters. The average Bonchev–Trinajstić information content (AvgIpc) is 2.58. The molecule has 0 aliphatic heterocycles. The van der Waals surface area contributed by atoms with Gasteiger partial charge in [0.1, 0.15) is 11.5 Å². The van der Waals surface area contributed by atoms with Crippen molar-refractivity contribution in [2.24, 2.45) is 0 Å². The lowest BCUT2D eigenvalue weighted by molar-refractivity contribution is 0.466. The minimum Gasteiger partial charge on any atom is -0.465 e.